The fourth-order valence-corrected chi connectivity index (χ4v) is 1.50. The van der Waals surface area contributed by atoms with Crippen molar-refractivity contribution in [2.24, 2.45) is 5.73 Å². The molecule has 0 aliphatic heterocycles. The molecule has 0 aliphatic rings. The third-order valence-corrected chi connectivity index (χ3v) is 2.33. The molecule has 0 atom stereocenters. The maximum absolute atomic E-state index is 13.5. The Bertz CT molecular complexity index is 505. The average molecular weight is 273 g/mol. The van der Waals surface area contributed by atoms with E-state index in [4.69, 9.17) is 10.3 Å². The van der Waals surface area contributed by atoms with Gasteiger partial charge >= 0.3 is 0 Å². The van der Waals surface area contributed by atoms with Crippen LogP contribution in [0.25, 0.3) is 0 Å². The number of halogens is 2. The van der Waals surface area contributed by atoms with Crippen molar-refractivity contribution in [3.05, 3.63) is 41.8 Å². The van der Waals surface area contributed by atoms with Crippen LogP contribution in [0, 0.1) is 5.82 Å². The van der Waals surface area contributed by atoms with Crippen molar-refractivity contribution in [2.75, 3.05) is 11.9 Å². The quantitative estimate of drug-likeness (QED) is 0.918. The number of rotatable bonds is 4. The van der Waals surface area contributed by atoms with Crippen LogP contribution in [0.15, 0.2) is 28.8 Å². The lowest BCUT2D eigenvalue weighted by atomic mass is 10.3. The van der Waals surface area contributed by atoms with E-state index in [2.05, 4.69) is 10.1 Å². The second kappa shape index (κ2) is 6.32. The summed E-state index contributed by atoms with van der Waals surface area (Å²) in [5.41, 5.74) is 5.85. The molecule has 0 fully saturated rings. The molecular weight excluding hydrogens is 259 g/mol. The van der Waals surface area contributed by atoms with Crippen LogP contribution in [0.4, 0.5) is 10.1 Å². The van der Waals surface area contributed by atoms with Gasteiger partial charge in [-0.15, -0.1) is 12.4 Å². The van der Waals surface area contributed by atoms with Crippen molar-refractivity contribution in [1.82, 2.24) is 10.1 Å². The van der Waals surface area contributed by atoms with Gasteiger partial charge in [0.2, 0.25) is 5.89 Å². The lowest BCUT2D eigenvalue weighted by molar-refractivity contribution is 0.374. The van der Waals surface area contributed by atoms with Gasteiger partial charge in [-0.1, -0.05) is 17.3 Å². The molecule has 0 bridgehead atoms. The molecule has 5 nitrogen and oxygen atoms in total. The molecule has 7 heteroatoms. The monoisotopic (exact) mass is 272 g/mol. The maximum atomic E-state index is 13.5. The third-order valence-electron chi connectivity index (χ3n) is 2.33. The van der Waals surface area contributed by atoms with E-state index in [9.17, 15) is 4.39 Å². The van der Waals surface area contributed by atoms with Crippen LogP contribution in [0.1, 0.15) is 11.7 Å². The van der Waals surface area contributed by atoms with E-state index in [0.717, 1.165) is 0 Å². The number of benzene rings is 1. The number of nitrogens with two attached hydrogens (primary N) is 1. The van der Waals surface area contributed by atoms with Gasteiger partial charge < -0.3 is 15.2 Å². The van der Waals surface area contributed by atoms with E-state index in [0.29, 0.717) is 23.9 Å². The highest BCUT2D eigenvalue weighted by Gasteiger charge is 2.11. The number of hydrogen-bond acceptors (Lipinski definition) is 5. The molecular formula is C11H14ClFN4O. The predicted molar refractivity (Wildman–Crippen MR) is 67.9 cm³/mol. The molecule has 1 heterocycles. The molecule has 2 N–H and O–H groups in total. The first-order chi connectivity index (χ1) is 8.20. The second-order valence-corrected chi connectivity index (χ2v) is 3.62. The van der Waals surface area contributed by atoms with Crippen LogP contribution >= 0.6 is 12.4 Å². The van der Waals surface area contributed by atoms with Crippen molar-refractivity contribution in [3.63, 3.8) is 0 Å². The minimum atomic E-state index is -0.280. The Balaban J connectivity index is 0.00000162. The number of hydrogen-bond donors (Lipinski definition) is 1. The fourth-order valence-electron chi connectivity index (χ4n) is 1.50. The van der Waals surface area contributed by atoms with E-state index in [-0.39, 0.29) is 24.8 Å². The number of para-hydroxylation sites is 1. The first-order valence-electron chi connectivity index (χ1n) is 5.18. The molecule has 1 aromatic carbocycles. The van der Waals surface area contributed by atoms with Crippen LogP contribution in [0.2, 0.25) is 0 Å². The van der Waals surface area contributed by atoms with E-state index in [1.54, 1.807) is 30.1 Å². The highest BCUT2D eigenvalue weighted by molar-refractivity contribution is 5.85. The van der Waals surface area contributed by atoms with Gasteiger partial charge in [0.15, 0.2) is 5.82 Å². The maximum Gasteiger partial charge on any atom is 0.240 e. The van der Waals surface area contributed by atoms with Crippen molar-refractivity contribution in [2.45, 2.75) is 13.1 Å². The van der Waals surface area contributed by atoms with Crippen molar-refractivity contribution >= 4 is 18.1 Å². The zero-order valence-electron chi connectivity index (χ0n) is 9.84. The molecule has 1 aromatic heterocycles. The zero-order valence-corrected chi connectivity index (χ0v) is 10.7. The van der Waals surface area contributed by atoms with Gasteiger partial charge in [0.05, 0.1) is 18.8 Å². The molecule has 2 aromatic rings. The minimum Gasteiger partial charge on any atom is -0.365 e. The van der Waals surface area contributed by atoms with E-state index < -0.39 is 0 Å². The van der Waals surface area contributed by atoms with E-state index in [1.807, 2.05) is 0 Å². The topological polar surface area (TPSA) is 68.2 Å². The molecule has 0 unspecified atom stereocenters. The highest BCUT2D eigenvalue weighted by atomic mass is 35.5. The largest absolute Gasteiger partial charge is 0.365 e. The number of nitrogens with zero attached hydrogens (tertiary/aromatic N) is 3. The lowest BCUT2D eigenvalue weighted by Crippen LogP contribution is -2.18. The van der Waals surface area contributed by atoms with Gasteiger partial charge in [-0.05, 0) is 12.1 Å². The summed E-state index contributed by atoms with van der Waals surface area (Å²) in [6.45, 7) is 0.570. The van der Waals surface area contributed by atoms with Gasteiger partial charge in [0, 0.05) is 7.05 Å². The van der Waals surface area contributed by atoms with Gasteiger partial charge in [-0.25, -0.2) is 4.39 Å². The third kappa shape index (κ3) is 3.18. The van der Waals surface area contributed by atoms with Crippen molar-refractivity contribution in [1.29, 1.82) is 0 Å². The summed E-state index contributed by atoms with van der Waals surface area (Å²) < 4.78 is 18.4. The van der Waals surface area contributed by atoms with E-state index in [1.165, 1.54) is 6.07 Å². The molecule has 0 saturated heterocycles. The summed E-state index contributed by atoms with van der Waals surface area (Å²) in [5, 5.41) is 3.75. The Kier molecular flexibility index (Phi) is 5.06. The first kappa shape index (κ1) is 14.4. The lowest BCUT2D eigenvalue weighted by Gasteiger charge is -2.17. The average Bonchev–Trinajstić information content (AvgIpc) is 2.77. The molecule has 0 radical (unpaired) electrons. The molecule has 0 aliphatic carbocycles. The van der Waals surface area contributed by atoms with Crippen LogP contribution in [-0.2, 0) is 13.1 Å². The Morgan fingerprint density at radius 2 is 2.11 bits per heavy atom. The molecule has 2 rings (SSSR count). The predicted octanol–water partition coefficient (Wildman–Crippen LogP) is 1.73. The van der Waals surface area contributed by atoms with Crippen LogP contribution < -0.4 is 10.6 Å². The van der Waals surface area contributed by atoms with Crippen LogP contribution in [-0.4, -0.2) is 17.2 Å². The Morgan fingerprint density at radius 3 is 2.72 bits per heavy atom. The second-order valence-electron chi connectivity index (χ2n) is 3.62. The summed E-state index contributed by atoms with van der Waals surface area (Å²) in [6, 6.07) is 6.52. The summed E-state index contributed by atoms with van der Waals surface area (Å²) in [6.07, 6.45) is 0. The fraction of sp³-hybridized carbons (Fsp3) is 0.273. The Labute approximate surface area is 110 Å². The smallest absolute Gasteiger partial charge is 0.240 e. The Morgan fingerprint density at radius 1 is 1.39 bits per heavy atom. The van der Waals surface area contributed by atoms with Gasteiger partial charge in [-0.3, -0.25) is 0 Å². The first-order valence-corrected chi connectivity index (χ1v) is 5.18. The van der Waals surface area contributed by atoms with Gasteiger partial charge in [0.1, 0.15) is 5.82 Å². The zero-order chi connectivity index (χ0) is 12.3. The number of anilines is 1. The minimum absolute atomic E-state index is 0. The normalized spacial score (nSPS) is 9.94. The molecule has 0 spiro atoms. The van der Waals surface area contributed by atoms with E-state index >= 15 is 0 Å². The summed E-state index contributed by atoms with van der Waals surface area (Å²) in [5.74, 6) is 0.579. The summed E-state index contributed by atoms with van der Waals surface area (Å²) in [7, 11) is 1.76. The van der Waals surface area contributed by atoms with Crippen molar-refractivity contribution in [3.8, 4) is 0 Å². The van der Waals surface area contributed by atoms with Gasteiger partial charge in [0.25, 0.3) is 0 Å². The van der Waals surface area contributed by atoms with Crippen molar-refractivity contribution < 1.29 is 8.91 Å². The standard InChI is InChI=1S/C11H13FN4O.ClH/c1-16(9-5-3-2-4-8(9)12)7-10-14-11(6-13)17-15-10;/h2-5H,6-7,13H2,1H3;1H. The van der Waals surface area contributed by atoms with Gasteiger partial charge in [-0.2, -0.15) is 4.98 Å². The molecule has 0 saturated carbocycles. The van der Waals surface area contributed by atoms with Crippen LogP contribution in [0.3, 0.4) is 0 Å². The summed E-state index contributed by atoms with van der Waals surface area (Å²) in [4.78, 5) is 5.77. The Hall–Kier alpha value is -1.66. The molecule has 0 amide bonds. The molecule has 98 valence electrons. The molecule has 18 heavy (non-hydrogen) atoms. The highest BCUT2D eigenvalue weighted by Crippen LogP contribution is 2.18. The SMILES string of the molecule is CN(Cc1noc(CN)n1)c1ccccc1F.Cl. The van der Waals surface area contributed by atoms with Crippen LogP contribution in [0.5, 0.6) is 0 Å². The summed E-state index contributed by atoms with van der Waals surface area (Å²) >= 11 is 0. The number of aromatic nitrogens is 2.